The second kappa shape index (κ2) is 10.0. The summed E-state index contributed by atoms with van der Waals surface area (Å²) in [6, 6.07) is 13.0. The Hall–Kier alpha value is -2.77. The van der Waals surface area contributed by atoms with Crippen molar-refractivity contribution in [1.29, 1.82) is 0 Å². The van der Waals surface area contributed by atoms with Gasteiger partial charge in [0, 0.05) is 24.3 Å². The fraction of sp³-hybridized carbons (Fsp3) is 0.417. The molecule has 3 N–H and O–H groups in total. The maximum absolute atomic E-state index is 13.1. The van der Waals surface area contributed by atoms with E-state index in [-0.39, 0.29) is 18.1 Å². The number of nitrogens with one attached hydrogen (secondary N) is 2. The molecule has 1 atom stereocenters. The zero-order valence-electron chi connectivity index (χ0n) is 18.0. The number of urea groups is 1. The monoisotopic (exact) mass is 427 g/mol. The van der Waals surface area contributed by atoms with Crippen LogP contribution in [0.15, 0.2) is 48.5 Å². The summed E-state index contributed by atoms with van der Waals surface area (Å²) >= 11 is 0. The van der Waals surface area contributed by atoms with E-state index in [0.717, 1.165) is 31.5 Å². The molecule has 0 spiro atoms. The number of amides is 2. The average molecular weight is 428 g/mol. The standard InChI is InChI=1S/C24H30FN3O3/c1-17(29)20-4-3-5-22(14-20)27-23(30)26-15-24(2,31)16-28-12-10-19(11-13-28)18-6-8-21(25)9-7-18/h3-9,14,19,31H,10-13,15-16H2,1-2H3,(H2,26,27,30)/t24-/m1/s1. The molecule has 0 saturated carbocycles. The van der Waals surface area contributed by atoms with E-state index < -0.39 is 11.6 Å². The molecule has 0 aromatic heterocycles. The summed E-state index contributed by atoms with van der Waals surface area (Å²) in [5.74, 6) is 0.104. The number of carbonyl (C=O) groups excluding carboxylic acids is 2. The van der Waals surface area contributed by atoms with Gasteiger partial charge in [-0.1, -0.05) is 24.3 Å². The van der Waals surface area contributed by atoms with Crippen LogP contribution in [0.5, 0.6) is 0 Å². The van der Waals surface area contributed by atoms with Crippen LogP contribution in [0.3, 0.4) is 0 Å². The van der Waals surface area contributed by atoms with Crippen LogP contribution in [0.2, 0.25) is 0 Å². The molecular weight excluding hydrogens is 397 g/mol. The Kier molecular flexibility index (Phi) is 7.41. The van der Waals surface area contributed by atoms with E-state index in [1.165, 1.54) is 19.1 Å². The number of Topliss-reactive ketones (excluding diaryl/α,β-unsaturated/α-hetero) is 1. The highest BCUT2D eigenvalue weighted by molar-refractivity contribution is 5.96. The minimum atomic E-state index is -1.08. The first-order valence-corrected chi connectivity index (χ1v) is 10.6. The van der Waals surface area contributed by atoms with Crippen molar-refractivity contribution >= 4 is 17.5 Å². The van der Waals surface area contributed by atoms with Crippen LogP contribution < -0.4 is 10.6 Å². The molecule has 1 heterocycles. The Morgan fingerprint density at radius 1 is 1.16 bits per heavy atom. The molecule has 0 bridgehead atoms. The molecule has 7 heteroatoms. The number of ketones is 1. The van der Waals surface area contributed by atoms with E-state index in [2.05, 4.69) is 15.5 Å². The molecule has 0 aliphatic carbocycles. The molecule has 2 aromatic rings. The quantitative estimate of drug-likeness (QED) is 0.588. The normalized spacial score (nSPS) is 17.0. The van der Waals surface area contributed by atoms with E-state index in [4.69, 9.17) is 0 Å². The highest BCUT2D eigenvalue weighted by atomic mass is 19.1. The predicted molar refractivity (Wildman–Crippen MR) is 119 cm³/mol. The van der Waals surface area contributed by atoms with Crippen molar-refractivity contribution in [3.8, 4) is 0 Å². The lowest BCUT2D eigenvalue weighted by molar-refractivity contribution is 0.0154. The maximum Gasteiger partial charge on any atom is 0.319 e. The predicted octanol–water partition coefficient (Wildman–Crippen LogP) is 3.78. The van der Waals surface area contributed by atoms with Crippen molar-refractivity contribution < 1.29 is 19.1 Å². The molecule has 1 aliphatic heterocycles. The van der Waals surface area contributed by atoms with Gasteiger partial charge < -0.3 is 20.6 Å². The molecule has 166 valence electrons. The lowest BCUT2D eigenvalue weighted by Gasteiger charge is -2.36. The Bertz CT molecular complexity index is 907. The molecule has 1 fully saturated rings. The van der Waals surface area contributed by atoms with Crippen molar-refractivity contribution in [3.63, 3.8) is 0 Å². The summed E-state index contributed by atoms with van der Waals surface area (Å²) in [6.45, 7) is 5.39. The third-order valence-electron chi connectivity index (χ3n) is 5.65. The lowest BCUT2D eigenvalue weighted by atomic mass is 9.89. The summed E-state index contributed by atoms with van der Waals surface area (Å²) in [4.78, 5) is 25.9. The Labute approximate surface area is 182 Å². The van der Waals surface area contributed by atoms with E-state index in [1.54, 1.807) is 31.2 Å². The summed E-state index contributed by atoms with van der Waals surface area (Å²) in [6.07, 6.45) is 1.89. The van der Waals surface area contributed by atoms with Crippen LogP contribution in [0.1, 0.15) is 48.5 Å². The number of carbonyl (C=O) groups is 2. The molecule has 0 unspecified atom stereocenters. The first-order valence-electron chi connectivity index (χ1n) is 10.6. The van der Waals surface area contributed by atoms with Crippen molar-refractivity contribution in [2.75, 3.05) is 31.5 Å². The number of nitrogens with zero attached hydrogens (tertiary/aromatic N) is 1. The number of halogens is 1. The highest BCUT2D eigenvalue weighted by Crippen LogP contribution is 2.28. The lowest BCUT2D eigenvalue weighted by Crippen LogP contribution is -2.51. The fourth-order valence-electron chi connectivity index (χ4n) is 3.96. The van der Waals surface area contributed by atoms with Gasteiger partial charge in [0.1, 0.15) is 5.82 Å². The van der Waals surface area contributed by atoms with Crippen LogP contribution >= 0.6 is 0 Å². The SMILES string of the molecule is CC(=O)c1cccc(NC(=O)NC[C@@](C)(O)CN2CCC(c3ccc(F)cc3)CC2)c1. The molecule has 2 amide bonds. The smallest absolute Gasteiger partial charge is 0.319 e. The number of anilines is 1. The highest BCUT2D eigenvalue weighted by Gasteiger charge is 2.28. The summed E-state index contributed by atoms with van der Waals surface area (Å²) in [7, 11) is 0. The number of rotatable bonds is 7. The molecule has 1 saturated heterocycles. The minimum Gasteiger partial charge on any atom is -0.387 e. The maximum atomic E-state index is 13.1. The Morgan fingerprint density at radius 2 is 1.84 bits per heavy atom. The van der Waals surface area contributed by atoms with Crippen LogP contribution in [0.25, 0.3) is 0 Å². The number of hydrogen-bond acceptors (Lipinski definition) is 4. The molecule has 6 nitrogen and oxygen atoms in total. The fourth-order valence-corrected chi connectivity index (χ4v) is 3.96. The van der Waals surface area contributed by atoms with Gasteiger partial charge in [0.2, 0.25) is 0 Å². The van der Waals surface area contributed by atoms with Crippen molar-refractivity contribution in [2.24, 2.45) is 0 Å². The second-order valence-corrected chi connectivity index (χ2v) is 8.54. The van der Waals surface area contributed by atoms with E-state index in [9.17, 15) is 19.1 Å². The van der Waals surface area contributed by atoms with Gasteiger partial charge in [-0.15, -0.1) is 0 Å². The minimum absolute atomic E-state index is 0.0739. The number of likely N-dealkylation sites (tertiary alicyclic amines) is 1. The van der Waals surface area contributed by atoms with Crippen LogP contribution in [0.4, 0.5) is 14.9 Å². The topological polar surface area (TPSA) is 81.7 Å². The molecule has 3 rings (SSSR count). The first kappa shape index (κ1) is 22.9. The molecule has 31 heavy (non-hydrogen) atoms. The van der Waals surface area contributed by atoms with Crippen molar-refractivity contribution in [2.45, 2.75) is 38.2 Å². The van der Waals surface area contributed by atoms with Crippen molar-refractivity contribution in [1.82, 2.24) is 10.2 Å². The van der Waals surface area contributed by atoms with Gasteiger partial charge in [-0.3, -0.25) is 4.79 Å². The second-order valence-electron chi connectivity index (χ2n) is 8.54. The largest absolute Gasteiger partial charge is 0.387 e. The Balaban J connectivity index is 1.43. The van der Waals surface area contributed by atoms with E-state index >= 15 is 0 Å². The van der Waals surface area contributed by atoms with Gasteiger partial charge >= 0.3 is 6.03 Å². The van der Waals surface area contributed by atoms with Gasteiger partial charge in [-0.05, 0) is 75.5 Å². The number of piperidine rings is 1. The van der Waals surface area contributed by atoms with Crippen molar-refractivity contribution in [3.05, 3.63) is 65.5 Å². The van der Waals surface area contributed by atoms with Crippen LogP contribution in [-0.2, 0) is 0 Å². The van der Waals surface area contributed by atoms with E-state index in [1.807, 2.05) is 12.1 Å². The number of benzene rings is 2. The summed E-state index contributed by atoms with van der Waals surface area (Å²) in [5.41, 5.74) is 1.11. The number of hydrogen-bond donors (Lipinski definition) is 3. The van der Waals surface area contributed by atoms with Gasteiger partial charge in [0.05, 0.1) is 5.60 Å². The zero-order chi connectivity index (χ0) is 22.4. The number of aliphatic hydroxyl groups is 1. The van der Waals surface area contributed by atoms with Gasteiger partial charge in [-0.2, -0.15) is 0 Å². The van der Waals surface area contributed by atoms with Gasteiger partial charge in [-0.25, -0.2) is 9.18 Å². The van der Waals surface area contributed by atoms with E-state index in [0.29, 0.717) is 23.7 Å². The third-order valence-corrected chi connectivity index (χ3v) is 5.65. The summed E-state index contributed by atoms with van der Waals surface area (Å²) < 4.78 is 13.1. The molecular formula is C24H30FN3O3. The average Bonchev–Trinajstić information content (AvgIpc) is 2.73. The first-order chi connectivity index (χ1) is 14.7. The molecule has 1 aliphatic rings. The summed E-state index contributed by atoms with van der Waals surface area (Å²) in [5, 5.41) is 16.1. The molecule has 0 radical (unpaired) electrons. The van der Waals surface area contributed by atoms with Crippen LogP contribution in [-0.4, -0.2) is 53.6 Å². The molecule has 2 aromatic carbocycles. The van der Waals surface area contributed by atoms with Gasteiger partial charge in [0.25, 0.3) is 0 Å². The van der Waals surface area contributed by atoms with Gasteiger partial charge in [0.15, 0.2) is 5.78 Å². The number of β-amino-alcohol motifs (C(OH)–C–C–N with tert-alkyl or cyclic N) is 1. The van der Waals surface area contributed by atoms with Crippen LogP contribution in [0, 0.1) is 5.82 Å². The Morgan fingerprint density at radius 3 is 2.48 bits per heavy atom. The zero-order valence-corrected chi connectivity index (χ0v) is 18.0. The third kappa shape index (κ3) is 6.87.